The van der Waals surface area contributed by atoms with Crippen molar-refractivity contribution in [1.29, 1.82) is 0 Å². The van der Waals surface area contributed by atoms with E-state index in [1.165, 1.54) is 0 Å². The molecule has 71 valence electrons. The minimum atomic E-state index is -0.561. The highest BCUT2D eigenvalue weighted by Gasteiger charge is 2.28. The van der Waals surface area contributed by atoms with Crippen LogP contribution in [0.4, 0.5) is 0 Å². The van der Waals surface area contributed by atoms with E-state index in [0.717, 1.165) is 0 Å². The average molecular weight is 180 g/mol. The van der Waals surface area contributed by atoms with E-state index in [9.17, 15) is 4.79 Å². The van der Waals surface area contributed by atoms with Gasteiger partial charge in [0.1, 0.15) is 0 Å². The molecule has 0 aromatic heterocycles. The third-order valence-corrected chi connectivity index (χ3v) is 1.77. The first-order valence-electron chi connectivity index (χ1n) is 4.20. The summed E-state index contributed by atoms with van der Waals surface area (Å²) in [5.74, 6) is 0.477. The van der Waals surface area contributed by atoms with E-state index < -0.39 is 5.54 Å². The first-order chi connectivity index (χ1) is 6.05. The lowest BCUT2D eigenvalue weighted by Crippen LogP contribution is -2.47. The fourth-order valence-electron chi connectivity index (χ4n) is 0.944. The minimum absolute atomic E-state index is 0.0700. The number of hydrogen-bond acceptors (Lipinski definition) is 2. The van der Waals surface area contributed by atoms with Crippen LogP contribution in [0.3, 0.4) is 0 Å². The third-order valence-electron chi connectivity index (χ3n) is 1.77. The summed E-state index contributed by atoms with van der Waals surface area (Å²) in [5.41, 5.74) is -0.561. The molecule has 3 nitrogen and oxygen atoms in total. The zero-order valence-electron chi connectivity index (χ0n) is 7.87. The number of nitrogens with one attached hydrogen (secondary N) is 1. The lowest BCUT2D eigenvalue weighted by Gasteiger charge is -2.24. The molecule has 1 aliphatic carbocycles. The van der Waals surface area contributed by atoms with Crippen molar-refractivity contribution in [2.45, 2.75) is 19.4 Å². The van der Waals surface area contributed by atoms with E-state index in [4.69, 9.17) is 5.11 Å². The summed E-state index contributed by atoms with van der Waals surface area (Å²) in [6.07, 6.45) is 7.09. The van der Waals surface area contributed by atoms with Crippen LogP contribution in [0.15, 0.2) is 0 Å². The maximum atomic E-state index is 11.5. The van der Waals surface area contributed by atoms with Crippen LogP contribution < -0.4 is 5.32 Å². The van der Waals surface area contributed by atoms with Gasteiger partial charge in [-0.3, -0.25) is 4.79 Å². The van der Waals surface area contributed by atoms with Gasteiger partial charge in [-0.25, -0.2) is 0 Å². The van der Waals surface area contributed by atoms with Crippen molar-refractivity contribution in [3.63, 3.8) is 0 Å². The zero-order chi connectivity index (χ0) is 9.90. The second-order valence-corrected chi connectivity index (χ2v) is 3.67. The summed E-state index contributed by atoms with van der Waals surface area (Å²) in [5, 5.41) is 11.6. The predicted molar refractivity (Wildman–Crippen MR) is 49.8 cm³/mol. The molecule has 1 amide bonds. The Bertz CT molecular complexity index is 183. The molecule has 1 aliphatic rings. The maximum absolute atomic E-state index is 11.5. The molecule has 1 rings (SSSR count). The molecule has 0 bridgehead atoms. The Morgan fingerprint density at radius 2 is 2.00 bits per heavy atom. The molecule has 3 heteroatoms. The van der Waals surface area contributed by atoms with Gasteiger partial charge < -0.3 is 10.4 Å². The van der Waals surface area contributed by atoms with E-state index in [1.807, 2.05) is 0 Å². The summed E-state index contributed by atoms with van der Waals surface area (Å²) in [4.78, 5) is 11.5. The Morgan fingerprint density at radius 3 is 2.46 bits per heavy atom. The lowest BCUT2D eigenvalue weighted by molar-refractivity contribution is -0.120. The standard InChI is InChI=1S/C10H14NO2/c1-10(2,7-12)11-9(13)8-5-3-4-6-8/h3-6,12H,7H2,1-2H3,(H,11,13). The Balaban J connectivity index is 2.40. The highest BCUT2D eigenvalue weighted by Crippen LogP contribution is 2.23. The van der Waals surface area contributed by atoms with Gasteiger partial charge in [0, 0.05) is 0 Å². The largest absolute Gasteiger partial charge is 0.394 e. The Hall–Kier alpha value is -0.570. The molecule has 0 atom stereocenters. The molecule has 1 fully saturated rings. The van der Waals surface area contributed by atoms with E-state index in [1.54, 1.807) is 39.5 Å². The van der Waals surface area contributed by atoms with E-state index in [0.29, 0.717) is 5.92 Å². The number of amides is 1. The number of rotatable bonds is 3. The number of hydrogen-bond donors (Lipinski definition) is 2. The lowest BCUT2D eigenvalue weighted by atomic mass is 10.0. The first kappa shape index (κ1) is 10.5. The molecular formula is C10H14NO2. The van der Waals surface area contributed by atoms with Gasteiger partial charge in [0.15, 0.2) is 0 Å². The second-order valence-electron chi connectivity index (χ2n) is 3.67. The van der Waals surface area contributed by atoms with Crippen molar-refractivity contribution < 1.29 is 9.90 Å². The summed E-state index contributed by atoms with van der Waals surface area (Å²) in [7, 11) is 0. The van der Waals surface area contributed by atoms with Crippen LogP contribution in [0.25, 0.3) is 0 Å². The Morgan fingerprint density at radius 1 is 1.46 bits per heavy atom. The van der Waals surface area contributed by atoms with Crippen LogP contribution in [0.5, 0.6) is 0 Å². The molecule has 5 radical (unpaired) electrons. The molecular weight excluding hydrogens is 166 g/mol. The summed E-state index contributed by atoms with van der Waals surface area (Å²) in [6, 6.07) is 0. The molecule has 13 heavy (non-hydrogen) atoms. The van der Waals surface area contributed by atoms with E-state index in [2.05, 4.69) is 5.32 Å². The SMILES string of the molecule is CC(C)(CO)NC(=O)[C]1[CH][CH][CH][CH]1. The Kier molecular flexibility index (Phi) is 3.31. The van der Waals surface area contributed by atoms with Crippen molar-refractivity contribution in [3.05, 3.63) is 31.6 Å². The van der Waals surface area contributed by atoms with Gasteiger partial charge in [-0.2, -0.15) is 0 Å². The van der Waals surface area contributed by atoms with Gasteiger partial charge in [0.05, 0.1) is 18.1 Å². The van der Waals surface area contributed by atoms with Crippen LogP contribution in [-0.2, 0) is 4.79 Å². The van der Waals surface area contributed by atoms with Gasteiger partial charge in [-0.15, -0.1) is 0 Å². The van der Waals surface area contributed by atoms with E-state index in [-0.39, 0.29) is 12.5 Å². The second kappa shape index (κ2) is 4.09. The van der Waals surface area contributed by atoms with Crippen molar-refractivity contribution in [1.82, 2.24) is 5.32 Å². The summed E-state index contributed by atoms with van der Waals surface area (Å²) < 4.78 is 0. The van der Waals surface area contributed by atoms with Gasteiger partial charge in [-0.1, -0.05) is 0 Å². The van der Waals surface area contributed by atoms with Gasteiger partial charge in [0.25, 0.3) is 0 Å². The molecule has 0 unspecified atom stereocenters. The first-order valence-corrected chi connectivity index (χ1v) is 4.20. The fourth-order valence-corrected chi connectivity index (χ4v) is 0.944. The van der Waals surface area contributed by atoms with Gasteiger partial charge in [0.2, 0.25) is 5.91 Å². The highest BCUT2D eigenvalue weighted by atomic mass is 16.3. The van der Waals surface area contributed by atoms with Gasteiger partial charge in [-0.05, 0) is 39.5 Å². The highest BCUT2D eigenvalue weighted by molar-refractivity contribution is 5.96. The molecule has 0 heterocycles. The quantitative estimate of drug-likeness (QED) is 0.655. The van der Waals surface area contributed by atoms with Crippen molar-refractivity contribution in [2.75, 3.05) is 6.61 Å². The Labute approximate surface area is 79.5 Å². The average Bonchev–Trinajstić information content (AvgIpc) is 2.55. The van der Waals surface area contributed by atoms with Crippen LogP contribution in [0.1, 0.15) is 13.8 Å². The van der Waals surface area contributed by atoms with Crippen LogP contribution >= 0.6 is 0 Å². The molecule has 2 N–H and O–H groups in total. The fraction of sp³-hybridized carbons (Fsp3) is 0.400. The number of carbonyl (C=O) groups excluding carboxylic acids is 1. The van der Waals surface area contributed by atoms with Crippen molar-refractivity contribution in [3.8, 4) is 0 Å². The zero-order valence-corrected chi connectivity index (χ0v) is 7.87. The number of carbonyl (C=O) groups is 1. The van der Waals surface area contributed by atoms with Crippen LogP contribution in [0.2, 0.25) is 0 Å². The maximum Gasteiger partial charge on any atom is 0.228 e. The van der Waals surface area contributed by atoms with Gasteiger partial charge >= 0.3 is 0 Å². The third kappa shape index (κ3) is 2.99. The molecule has 1 saturated carbocycles. The normalized spacial score (nSPS) is 19.0. The molecule has 0 spiro atoms. The molecule has 0 aliphatic heterocycles. The minimum Gasteiger partial charge on any atom is -0.394 e. The number of aliphatic hydroxyl groups is 1. The van der Waals surface area contributed by atoms with E-state index >= 15 is 0 Å². The predicted octanol–water partition coefficient (Wildman–Crippen LogP) is 0.279. The smallest absolute Gasteiger partial charge is 0.228 e. The molecule has 0 saturated heterocycles. The number of aliphatic hydroxyl groups excluding tert-OH is 1. The van der Waals surface area contributed by atoms with Crippen LogP contribution in [0, 0.1) is 31.6 Å². The topological polar surface area (TPSA) is 49.3 Å². The van der Waals surface area contributed by atoms with Crippen LogP contribution in [-0.4, -0.2) is 23.2 Å². The molecule has 0 aromatic carbocycles. The van der Waals surface area contributed by atoms with Crippen molar-refractivity contribution >= 4 is 5.91 Å². The summed E-state index contributed by atoms with van der Waals surface area (Å²) >= 11 is 0. The summed E-state index contributed by atoms with van der Waals surface area (Å²) in [6.45, 7) is 3.47. The monoisotopic (exact) mass is 180 g/mol. The molecule has 0 aromatic rings. The van der Waals surface area contributed by atoms with Crippen molar-refractivity contribution in [2.24, 2.45) is 0 Å².